The lowest BCUT2D eigenvalue weighted by Crippen LogP contribution is -2.37. The van der Waals surface area contributed by atoms with Crippen LogP contribution in [0.1, 0.15) is 32.3 Å². The molecule has 0 unspecified atom stereocenters. The summed E-state index contributed by atoms with van der Waals surface area (Å²) in [6.07, 6.45) is 2.12. The first-order valence-corrected chi connectivity index (χ1v) is 6.90. The van der Waals surface area contributed by atoms with Gasteiger partial charge >= 0.3 is 0 Å². The largest absolute Gasteiger partial charge is 0.314 e. The van der Waals surface area contributed by atoms with Gasteiger partial charge < -0.3 is 10.2 Å². The number of carbonyl (C=O) groups is 1. The van der Waals surface area contributed by atoms with E-state index in [-0.39, 0.29) is 11.7 Å². The number of aryl methyl sites for hydroxylation is 1. The average Bonchev–Trinajstić information content (AvgIpc) is 2.36. The SMILES string of the molecule is CC(C)NCCCN1C(=O)CCc2ccc(F)cc21. The van der Waals surface area contributed by atoms with Crippen molar-refractivity contribution in [3.8, 4) is 0 Å². The van der Waals surface area contributed by atoms with E-state index in [2.05, 4.69) is 19.2 Å². The van der Waals surface area contributed by atoms with Gasteiger partial charge in [0.05, 0.1) is 0 Å². The molecule has 104 valence electrons. The Labute approximate surface area is 113 Å². The Morgan fingerprint density at radius 1 is 1.37 bits per heavy atom. The second-order valence-corrected chi connectivity index (χ2v) is 5.28. The number of amides is 1. The van der Waals surface area contributed by atoms with Crippen LogP contribution in [0, 0.1) is 5.82 Å². The summed E-state index contributed by atoms with van der Waals surface area (Å²) >= 11 is 0. The molecule has 1 N–H and O–H groups in total. The van der Waals surface area contributed by atoms with E-state index >= 15 is 0 Å². The Balaban J connectivity index is 2.03. The fraction of sp³-hybridized carbons (Fsp3) is 0.533. The summed E-state index contributed by atoms with van der Waals surface area (Å²) < 4.78 is 13.3. The third kappa shape index (κ3) is 3.53. The van der Waals surface area contributed by atoms with E-state index in [0.717, 1.165) is 30.6 Å². The third-order valence-electron chi connectivity index (χ3n) is 3.36. The molecule has 1 aromatic carbocycles. The van der Waals surface area contributed by atoms with Crippen LogP contribution in [0.5, 0.6) is 0 Å². The lowest BCUT2D eigenvalue weighted by atomic mass is 10.0. The van der Waals surface area contributed by atoms with Gasteiger partial charge in [0.1, 0.15) is 5.82 Å². The van der Waals surface area contributed by atoms with Crippen molar-refractivity contribution >= 4 is 11.6 Å². The van der Waals surface area contributed by atoms with E-state index in [1.54, 1.807) is 11.0 Å². The van der Waals surface area contributed by atoms with E-state index in [9.17, 15) is 9.18 Å². The summed E-state index contributed by atoms with van der Waals surface area (Å²) in [6.45, 7) is 5.70. The van der Waals surface area contributed by atoms with Crippen LogP contribution in [0.3, 0.4) is 0 Å². The van der Waals surface area contributed by atoms with Crippen molar-refractivity contribution in [2.75, 3.05) is 18.0 Å². The minimum absolute atomic E-state index is 0.0997. The number of halogens is 1. The summed E-state index contributed by atoms with van der Waals surface area (Å²) in [5, 5.41) is 3.32. The van der Waals surface area contributed by atoms with E-state index in [1.165, 1.54) is 12.1 Å². The standard InChI is InChI=1S/C15H21FN2O/c1-11(2)17-8-3-9-18-14-10-13(16)6-4-12(14)5-7-15(18)19/h4,6,10-11,17H,3,5,7-9H2,1-2H3. The van der Waals surface area contributed by atoms with Gasteiger partial charge in [0.25, 0.3) is 0 Å². The molecule has 0 saturated heterocycles. The number of carbonyl (C=O) groups excluding carboxylic acids is 1. The van der Waals surface area contributed by atoms with Crippen molar-refractivity contribution in [2.24, 2.45) is 0 Å². The summed E-state index contributed by atoms with van der Waals surface area (Å²) in [5.41, 5.74) is 1.82. The number of hydrogen-bond donors (Lipinski definition) is 1. The van der Waals surface area contributed by atoms with Gasteiger partial charge in [0.15, 0.2) is 0 Å². The molecule has 3 nitrogen and oxygen atoms in total. The Morgan fingerprint density at radius 2 is 2.16 bits per heavy atom. The number of anilines is 1. The molecule has 0 saturated carbocycles. The Hall–Kier alpha value is -1.42. The highest BCUT2D eigenvalue weighted by atomic mass is 19.1. The Kier molecular flexibility index (Phi) is 4.53. The fourth-order valence-corrected chi connectivity index (χ4v) is 2.38. The molecular weight excluding hydrogens is 243 g/mol. The highest BCUT2D eigenvalue weighted by Gasteiger charge is 2.23. The van der Waals surface area contributed by atoms with Crippen molar-refractivity contribution in [2.45, 2.75) is 39.2 Å². The van der Waals surface area contributed by atoms with Crippen LogP contribution in [0.15, 0.2) is 18.2 Å². The molecule has 1 aromatic rings. The van der Waals surface area contributed by atoms with Crippen LogP contribution in [0.25, 0.3) is 0 Å². The van der Waals surface area contributed by atoms with Crippen molar-refractivity contribution in [3.63, 3.8) is 0 Å². The van der Waals surface area contributed by atoms with E-state index in [4.69, 9.17) is 0 Å². The topological polar surface area (TPSA) is 32.3 Å². The van der Waals surface area contributed by atoms with Crippen LogP contribution >= 0.6 is 0 Å². The zero-order valence-corrected chi connectivity index (χ0v) is 11.6. The molecule has 0 aromatic heterocycles. The fourth-order valence-electron chi connectivity index (χ4n) is 2.38. The molecule has 19 heavy (non-hydrogen) atoms. The Bertz CT molecular complexity index is 459. The van der Waals surface area contributed by atoms with E-state index in [1.807, 2.05) is 0 Å². The smallest absolute Gasteiger partial charge is 0.227 e. The normalized spacial score (nSPS) is 14.9. The number of benzene rings is 1. The molecule has 0 bridgehead atoms. The predicted molar refractivity (Wildman–Crippen MR) is 74.8 cm³/mol. The first-order chi connectivity index (χ1) is 9.08. The van der Waals surface area contributed by atoms with Crippen LogP contribution in [-0.4, -0.2) is 25.0 Å². The van der Waals surface area contributed by atoms with Crippen molar-refractivity contribution in [3.05, 3.63) is 29.6 Å². The minimum atomic E-state index is -0.279. The molecule has 0 fully saturated rings. The number of hydrogen-bond acceptors (Lipinski definition) is 2. The quantitative estimate of drug-likeness (QED) is 0.829. The van der Waals surface area contributed by atoms with Gasteiger partial charge in [-0.25, -0.2) is 4.39 Å². The predicted octanol–water partition coefficient (Wildman–Crippen LogP) is 2.49. The highest BCUT2D eigenvalue weighted by Crippen LogP contribution is 2.28. The van der Waals surface area contributed by atoms with Gasteiger partial charge in [-0.2, -0.15) is 0 Å². The number of nitrogens with one attached hydrogen (secondary N) is 1. The highest BCUT2D eigenvalue weighted by molar-refractivity contribution is 5.96. The van der Waals surface area contributed by atoms with Crippen molar-refractivity contribution < 1.29 is 9.18 Å². The summed E-state index contributed by atoms with van der Waals surface area (Å²) in [6, 6.07) is 5.17. The molecule has 1 aliphatic rings. The maximum atomic E-state index is 13.3. The zero-order chi connectivity index (χ0) is 13.8. The van der Waals surface area contributed by atoms with Gasteiger partial charge in [0, 0.05) is 24.7 Å². The molecule has 0 radical (unpaired) electrons. The molecule has 1 aliphatic heterocycles. The van der Waals surface area contributed by atoms with Gasteiger partial charge in [-0.1, -0.05) is 19.9 Å². The lowest BCUT2D eigenvalue weighted by Gasteiger charge is -2.29. The molecule has 2 rings (SSSR count). The summed E-state index contributed by atoms with van der Waals surface area (Å²) in [4.78, 5) is 13.7. The van der Waals surface area contributed by atoms with Crippen LogP contribution in [-0.2, 0) is 11.2 Å². The third-order valence-corrected chi connectivity index (χ3v) is 3.36. The second-order valence-electron chi connectivity index (χ2n) is 5.28. The Morgan fingerprint density at radius 3 is 2.89 bits per heavy atom. The molecule has 4 heteroatoms. The molecule has 0 aliphatic carbocycles. The summed E-state index contributed by atoms with van der Waals surface area (Å²) in [7, 11) is 0. The maximum absolute atomic E-state index is 13.3. The number of nitrogens with zero attached hydrogens (tertiary/aromatic N) is 1. The monoisotopic (exact) mass is 264 g/mol. The second kappa shape index (κ2) is 6.15. The van der Waals surface area contributed by atoms with Gasteiger partial charge in [-0.3, -0.25) is 4.79 Å². The van der Waals surface area contributed by atoms with Crippen molar-refractivity contribution in [1.82, 2.24) is 5.32 Å². The molecule has 0 spiro atoms. The number of fused-ring (bicyclic) bond motifs is 1. The zero-order valence-electron chi connectivity index (χ0n) is 11.6. The molecule has 1 amide bonds. The number of rotatable bonds is 5. The van der Waals surface area contributed by atoms with Crippen LogP contribution in [0.4, 0.5) is 10.1 Å². The maximum Gasteiger partial charge on any atom is 0.227 e. The van der Waals surface area contributed by atoms with Gasteiger partial charge in [-0.05, 0) is 37.1 Å². The van der Waals surface area contributed by atoms with E-state index < -0.39 is 0 Å². The van der Waals surface area contributed by atoms with Gasteiger partial charge in [0.2, 0.25) is 5.91 Å². The van der Waals surface area contributed by atoms with Crippen LogP contribution < -0.4 is 10.2 Å². The lowest BCUT2D eigenvalue weighted by molar-refractivity contribution is -0.118. The minimum Gasteiger partial charge on any atom is -0.314 e. The van der Waals surface area contributed by atoms with Crippen LogP contribution in [0.2, 0.25) is 0 Å². The molecule has 1 heterocycles. The van der Waals surface area contributed by atoms with Gasteiger partial charge in [-0.15, -0.1) is 0 Å². The van der Waals surface area contributed by atoms with E-state index in [0.29, 0.717) is 19.0 Å². The first-order valence-electron chi connectivity index (χ1n) is 6.90. The first kappa shape index (κ1) is 14.0. The summed E-state index contributed by atoms with van der Waals surface area (Å²) in [5.74, 6) is -0.179. The average molecular weight is 264 g/mol. The molecular formula is C15H21FN2O. The van der Waals surface area contributed by atoms with Crippen molar-refractivity contribution in [1.29, 1.82) is 0 Å². The molecule has 0 atom stereocenters.